The number of sulfone groups is 1. The first-order valence-corrected chi connectivity index (χ1v) is 9.03. The fourth-order valence-corrected chi connectivity index (χ4v) is 4.11. The molecule has 0 unspecified atom stereocenters. The van der Waals surface area contributed by atoms with Gasteiger partial charge in [-0.3, -0.25) is 10.1 Å². The SMILES string of the molecule is O=[N+]([O-])C1=C(CS(=O)(=O)c2ccccc2)C=CC2=CC=CC=C1C2. The van der Waals surface area contributed by atoms with Crippen molar-refractivity contribution in [2.45, 2.75) is 11.3 Å². The molecule has 1 aromatic rings. The Labute approximate surface area is 140 Å². The number of fused-ring (bicyclic) bond motifs is 2. The Morgan fingerprint density at radius 1 is 1.04 bits per heavy atom. The molecule has 0 saturated carbocycles. The molecular weight excluding hydrogens is 326 g/mol. The zero-order valence-corrected chi connectivity index (χ0v) is 13.6. The summed E-state index contributed by atoms with van der Waals surface area (Å²) in [5.74, 6) is -0.405. The Kier molecular flexibility index (Phi) is 4.31. The first-order valence-electron chi connectivity index (χ1n) is 7.37. The summed E-state index contributed by atoms with van der Waals surface area (Å²) < 4.78 is 25.2. The maximum Gasteiger partial charge on any atom is 0.277 e. The number of nitrogens with zero attached hydrogens (tertiary/aromatic N) is 1. The van der Waals surface area contributed by atoms with E-state index in [9.17, 15) is 18.5 Å². The summed E-state index contributed by atoms with van der Waals surface area (Å²) in [5, 5.41) is 11.6. The van der Waals surface area contributed by atoms with E-state index in [1.54, 1.807) is 42.5 Å². The van der Waals surface area contributed by atoms with Gasteiger partial charge in [-0.2, -0.15) is 0 Å². The van der Waals surface area contributed by atoms with Gasteiger partial charge in [-0.15, -0.1) is 0 Å². The second-order valence-electron chi connectivity index (χ2n) is 5.53. The smallest absolute Gasteiger partial charge is 0.258 e. The van der Waals surface area contributed by atoms with E-state index in [2.05, 4.69) is 0 Å². The van der Waals surface area contributed by atoms with Gasteiger partial charge in [-0.1, -0.05) is 54.7 Å². The van der Waals surface area contributed by atoms with Crippen LogP contribution in [-0.2, 0) is 9.84 Å². The molecule has 0 aliphatic heterocycles. The van der Waals surface area contributed by atoms with Crippen molar-refractivity contribution in [3.8, 4) is 0 Å². The lowest BCUT2D eigenvalue weighted by Gasteiger charge is -2.07. The highest BCUT2D eigenvalue weighted by molar-refractivity contribution is 7.91. The van der Waals surface area contributed by atoms with Gasteiger partial charge in [0.25, 0.3) is 5.70 Å². The molecule has 5 nitrogen and oxygen atoms in total. The minimum absolute atomic E-state index is 0.124. The average Bonchev–Trinajstić information content (AvgIpc) is 2.88. The van der Waals surface area contributed by atoms with Crippen molar-refractivity contribution in [1.29, 1.82) is 0 Å². The first-order chi connectivity index (χ1) is 11.5. The van der Waals surface area contributed by atoms with E-state index in [-0.39, 0.29) is 16.2 Å². The van der Waals surface area contributed by atoms with Crippen LogP contribution in [-0.4, -0.2) is 19.1 Å². The van der Waals surface area contributed by atoms with Crippen molar-refractivity contribution >= 4 is 9.84 Å². The van der Waals surface area contributed by atoms with Crippen molar-refractivity contribution in [3.63, 3.8) is 0 Å². The fourth-order valence-electron chi connectivity index (χ4n) is 2.73. The number of allylic oxidation sites excluding steroid dienone is 8. The van der Waals surface area contributed by atoms with Gasteiger partial charge in [0.05, 0.1) is 15.6 Å². The molecule has 0 radical (unpaired) electrons. The average molecular weight is 341 g/mol. The Bertz CT molecular complexity index is 932. The third-order valence-electron chi connectivity index (χ3n) is 3.85. The van der Waals surface area contributed by atoms with Gasteiger partial charge >= 0.3 is 0 Å². The van der Waals surface area contributed by atoms with E-state index in [1.807, 2.05) is 12.2 Å². The van der Waals surface area contributed by atoms with Crippen LogP contribution < -0.4 is 0 Å². The number of hydrogen-bond acceptors (Lipinski definition) is 4. The third-order valence-corrected chi connectivity index (χ3v) is 5.53. The molecule has 3 rings (SSSR count). The van der Waals surface area contributed by atoms with Gasteiger partial charge in [0.1, 0.15) is 0 Å². The van der Waals surface area contributed by atoms with Crippen LogP contribution in [0.5, 0.6) is 0 Å². The maximum absolute atomic E-state index is 12.6. The van der Waals surface area contributed by atoms with Crippen molar-refractivity contribution in [1.82, 2.24) is 0 Å². The zero-order chi connectivity index (χ0) is 17.2. The van der Waals surface area contributed by atoms with Crippen LogP contribution in [0.1, 0.15) is 6.42 Å². The standard InChI is InChI=1S/C18H15NO4S/c20-19(21)18-15-7-5-4-6-14(12-15)10-11-16(18)13-24(22,23)17-8-2-1-3-9-17/h1-11H,12-13H2. The van der Waals surface area contributed by atoms with E-state index in [0.717, 1.165) is 5.57 Å². The third kappa shape index (κ3) is 3.28. The molecule has 0 amide bonds. The summed E-state index contributed by atoms with van der Waals surface area (Å²) in [4.78, 5) is 11.3. The normalized spacial score (nSPS) is 17.0. The Morgan fingerprint density at radius 3 is 2.46 bits per heavy atom. The second-order valence-corrected chi connectivity index (χ2v) is 7.52. The summed E-state index contributed by atoms with van der Waals surface area (Å²) in [6.45, 7) is 0. The molecule has 122 valence electrons. The fraction of sp³-hybridized carbons (Fsp3) is 0.111. The van der Waals surface area contributed by atoms with Crippen LogP contribution in [0.4, 0.5) is 0 Å². The molecule has 0 aromatic heterocycles. The summed E-state index contributed by atoms with van der Waals surface area (Å²) in [6.07, 6.45) is 10.8. The van der Waals surface area contributed by atoms with Gasteiger partial charge in [-0.25, -0.2) is 8.42 Å². The molecule has 2 bridgehead atoms. The molecule has 2 aliphatic carbocycles. The van der Waals surface area contributed by atoms with E-state index in [4.69, 9.17) is 0 Å². The van der Waals surface area contributed by atoms with E-state index in [1.165, 1.54) is 12.1 Å². The predicted molar refractivity (Wildman–Crippen MR) is 91.6 cm³/mol. The van der Waals surface area contributed by atoms with E-state index >= 15 is 0 Å². The van der Waals surface area contributed by atoms with Crippen LogP contribution in [0.2, 0.25) is 0 Å². The molecule has 0 spiro atoms. The molecule has 2 aliphatic rings. The number of benzene rings is 1. The lowest BCUT2D eigenvalue weighted by molar-refractivity contribution is -0.421. The molecule has 0 N–H and O–H groups in total. The minimum Gasteiger partial charge on any atom is -0.258 e. The van der Waals surface area contributed by atoms with Crippen molar-refractivity contribution in [3.05, 3.63) is 99.3 Å². The largest absolute Gasteiger partial charge is 0.277 e. The van der Waals surface area contributed by atoms with Gasteiger partial charge in [0.2, 0.25) is 0 Å². The molecule has 6 heteroatoms. The van der Waals surface area contributed by atoms with Gasteiger partial charge in [0, 0.05) is 17.6 Å². The molecule has 0 fully saturated rings. The molecule has 0 saturated heterocycles. The summed E-state index contributed by atoms with van der Waals surface area (Å²) in [7, 11) is -3.66. The van der Waals surface area contributed by atoms with Crippen LogP contribution in [0.3, 0.4) is 0 Å². The van der Waals surface area contributed by atoms with Gasteiger partial charge < -0.3 is 0 Å². The summed E-state index contributed by atoms with van der Waals surface area (Å²) in [5.41, 5.74) is 1.50. The van der Waals surface area contributed by atoms with Crippen LogP contribution >= 0.6 is 0 Å². The van der Waals surface area contributed by atoms with Crippen molar-refractivity contribution in [2.75, 3.05) is 5.75 Å². The molecule has 0 atom stereocenters. The highest BCUT2D eigenvalue weighted by Gasteiger charge is 2.28. The maximum atomic E-state index is 12.6. The quantitative estimate of drug-likeness (QED) is 0.621. The van der Waals surface area contributed by atoms with Gasteiger partial charge in [-0.05, 0) is 17.7 Å². The van der Waals surface area contributed by atoms with Gasteiger partial charge in [0.15, 0.2) is 9.84 Å². The van der Waals surface area contributed by atoms with E-state index < -0.39 is 20.5 Å². The Morgan fingerprint density at radius 2 is 1.75 bits per heavy atom. The first kappa shape index (κ1) is 16.1. The molecule has 0 heterocycles. The minimum atomic E-state index is -3.66. The van der Waals surface area contributed by atoms with Crippen molar-refractivity contribution < 1.29 is 13.3 Å². The molecular formula is C18H15NO4S. The topological polar surface area (TPSA) is 77.3 Å². The second kappa shape index (κ2) is 6.41. The number of nitro groups is 1. The lowest BCUT2D eigenvalue weighted by Crippen LogP contribution is -2.13. The summed E-state index contributed by atoms with van der Waals surface area (Å²) >= 11 is 0. The zero-order valence-electron chi connectivity index (χ0n) is 12.8. The summed E-state index contributed by atoms with van der Waals surface area (Å²) in [6, 6.07) is 7.98. The predicted octanol–water partition coefficient (Wildman–Crippen LogP) is 3.37. The molecule has 1 aromatic carbocycles. The van der Waals surface area contributed by atoms with Crippen LogP contribution in [0.25, 0.3) is 0 Å². The Balaban J connectivity index is 2.09. The highest BCUT2D eigenvalue weighted by Crippen LogP contribution is 2.31. The van der Waals surface area contributed by atoms with E-state index in [0.29, 0.717) is 12.0 Å². The molecule has 24 heavy (non-hydrogen) atoms. The number of rotatable bonds is 4. The highest BCUT2D eigenvalue weighted by atomic mass is 32.2. The number of hydrogen-bond donors (Lipinski definition) is 0. The van der Waals surface area contributed by atoms with Crippen LogP contribution in [0, 0.1) is 10.1 Å². The lowest BCUT2D eigenvalue weighted by atomic mass is 10.0. The Hall–Kier alpha value is -2.73. The van der Waals surface area contributed by atoms with Crippen LogP contribution in [0.15, 0.2) is 94.1 Å². The van der Waals surface area contributed by atoms with Crippen molar-refractivity contribution in [2.24, 2.45) is 0 Å². The monoisotopic (exact) mass is 341 g/mol.